The fraction of sp³-hybridized carbons (Fsp3) is 0.983. The molecule has 79 heavy (non-hydrogen) atoms. The summed E-state index contributed by atoms with van der Waals surface area (Å²) < 4.78 is 84.5. The third-order valence-corrected chi connectivity index (χ3v) is 12.4. The standard InChI is InChI=1S/C13H25BO3.C13H25NO3.C12H23BO4.C12H24O4.C9H19BO2/c1-7(2)15-10(6)12-11(16-8(3)4)9(5)13(14)17-12;1-9(2)16-8-12-6-13(17-10(3)4)7-14(12)11(5)15;1-7(2)15-6-9-10(14-5)11(12(13)17-9)16-8(3)4;1-8(2)14-7-11-12(16-9(3)4)10(13-5)6-15-11;1-7(2)11-6-9(5-10)12-8(3)4/h7-13H,1-6H3;9-10,12-13H,6-8H2,1-5H3;7-12H,6H2,1-5H3;8-12H,6-7H2,1-5H3;7-9H,5-6H2,1-4H3/t9?,10?,11-,12-,13-;12-,13+;9-,10+,11?,12-;10?,11-,12-;/m1011./s1. The van der Waals surface area contributed by atoms with Crippen LogP contribution in [0.25, 0.3) is 0 Å². The fourth-order valence-electron chi connectivity index (χ4n) is 9.02. The van der Waals surface area contributed by atoms with Gasteiger partial charge in [0.25, 0.3) is 0 Å². The van der Waals surface area contributed by atoms with Crippen molar-refractivity contribution in [1.29, 1.82) is 0 Å². The second-order valence-electron chi connectivity index (χ2n) is 23.7. The summed E-state index contributed by atoms with van der Waals surface area (Å²) in [7, 11) is 20.7. The van der Waals surface area contributed by atoms with Crippen LogP contribution in [0, 0.1) is 5.92 Å². The van der Waals surface area contributed by atoms with Crippen molar-refractivity contribution in [3.8, 4) is 0 Å². The van der Waals surface area contributed by atoms with Crippen molar-refractivity contribution in [2.45, 2.75) is 318 Å². The molecular weight excluding hydrogens is 1010 g/mol. The molecule has 0 saturated carbocycles. The number of methoxy groups -OCH3 is 2. The van der Waals surface area contributed by atoms with Crippen LogP contribution >= 0.6 is 0 Å². The van der Waals surface area contributed by atoms with Crippen LogP contribution in [0.3, 0.4) is 0 Å². The molecular formula is C59H116B3NO16. The zero-order chi connectivity index (χ0) is 60.9. The van der Waals surface area contributed by atoms with Crippen LogP contribution in [0.15, 0.2) is 0 Å². The number of rotatable bonds is 28. The van der Waals surface area contributed by atoms with E-state index in [0.717, 1.165) is 6.42 Å². The van der Waals surface area contributed by atoms with Crippen LogP contribution in [0.1, 0.15) is 166 Å². The molecule has 0 aromatic heterocycles. The first kappa shape index (κ1) is 78.1. The highest BCUT2D eigenvalue weighted by Gasteiger charge is 2.45. The third kappa shape index (κ3) is 33.4. The molecule has 4 heterocycles. The molecule has 1 amide bonds. The van der Waals surface area contributed by atoms with E-state index in [1.54, 1.807) is 21.1 Å². The van der Waals surface area contributed by atoms with Gasteiger partial charge in [-0.05, 0) is 152 Å². The number of carbonyl (C=O) groups excluding carboxylic acids is 1. The van der Waals surface area contributed by atoms with E-state index in [1.165, 1.54) is 0 Å². The molecule has 0 N–H and O–H groups in total. The summed E-state index contributed by atoms with van der Waals surface area (Å²) in [5.74, 6) is 0.304. The Hall–Kier alpha value is -0.935. The highest BCUT2D eigenvalue weighted by molar-refractivity contribution is 6.11. The van der Waals surface area contributed by atoms with E-state index in [1.807, 2.05) is 150 Å². The smallest absolute Gasteiger partial charge is 0.219 e. The molecule has 0 bridgehead atoms. The largest absolute Gasteiger partial charge is 0.379 e. The minimum Gasteiger partial charge on any atom is -0.379 e. The molecule has 6 radical (unpaired) electrons. The van der Waals surface area contributed by atoms with E-state index in [9.17, 15) is 4.79 Å². The SMILES string of the molecule is CC(=O)N1C[C@H](OC(C)C)C[C@H]1COC(C)C.COC1CO[C@H](COC(C)C)[C@@H]1OC(C)C.[B]CC(COC(C)C)OC(C)C.[B][C@@H]1O[C@H](C(C)OC(C)C)[C@H](OC(C)C)C1C.[B][C@@H]1O[C@H](COC(C)C)[C@H](OC)C1OC(C)C. The molecule has 15 atom stereocenters. The van der Waals surface area contributed by atoms with Crippen molar-refractivity contribution in [2.24, 2.45) is 5.92 Å². The molecule has 4 fully saturated rings. The van der Waals surface area contributed by atoms with Gasteiger partial charge in [0.1, 0.15) is 58.4 Å². The molecule has 5 unspecified atom stereocenters. The Morgan fingerprint density at radius 3 is 1.47 bits per heavy atom. The molecule has 4 aliphatic rings. The number of likely N-dealkylation sites (tertiary alicyclic amines) is 1. The number of carbonyl (C=O) groups is 1. The predicted octanol–water partition coefficient (Wildman–Crippen LogP) is 8.47. The number of nitrogens with zero attached hydrogens (tertiary/aromatic N) is 1. The number of amides is 1. The van der Waals surface area contributed by atoms with Gasteiger partial charge in [0.2, 0.25) is 5.91 Å². The molecule has 4 rings (SSSR count). The minimum absolute atomic E-state index is 0.00486. The summed E-state index contributed by atoms with van der Waals surface area (Å²) in [5, 5.41) is 0. The predicted molar refractivity (Wildman–Crippen MR) is 316 cm³/mol. The average Bonchev–Trinajstić information content (AvgIpc) is 4.08. The molecule has 0 aromatic rings. The van der Waals surface area contributed by atoms with Gasteiger partial charge in [0.05, 0.1) is 132 Å². The van der Waals surface area contributed by atoms with E-state index in [0.29, 0.717) is 45.9 Å². The lowest BCUT2D eigenvalue weighted by Gasteiger charge is -2.29. The third-order valence-electron chi connectivity index (χ3n) is 12.4. The van der Waals surface area contributed by atoms with Gasteiger partial charge in [-0.25, -0.2) is 0 Å². The summed E-state index contributed by atoms with van der Waals surface area (Å²) in [5.41, 5.74) is 0. The molecule has 20 heteroatoms. The number of hydrogen-bond acceptors (Lipinski definition) is 16. The molecule has 4 aliphatic heterocycles. The van der Waals surface area contributed by atoms with Crippen LogP contribution in [0.4, 0.5) is 0 Å². The van der Waals surface area contributed by atoms with Crippen LogP contribution in [0.2, 0.25) is 6.32 Å². The van der Waals surface area contributed by atoms with Gasteiger partial charge < -0.3 is 76.0 Å². The molecule has 0 aromatic carbocycles. The Morgan fingerprint density at radius 2 is 1.03 bits per heavy atom. The van der Waals surface area contributed by atoms with Crippen molar-refractivity contribution in [1.82, 2.24) is 4.90 Å². The van der Waals surface area contributed by atoms with Gasteiger partial charge in [-0.2, -0.15) is 0 Å². The Labute approximate surface area is 486 Å². The van der Waals surface area contributed by atoms with Gasteiger partial charge in [-0.1, -0.05) is 13.2 Å². The van der Waals surface area contributed by atoms with Crippen LogP contribution in [-0.2, 0) is 75.8 Å². The molecule has 0 spiro atoms. The van der Waals surface area contributed by atoms with Crippen LogP contribution in [0.5, 0.6) is 0 Å². The molecule has 17 nitrogen and oxygen atoms in total. The second kappa shape index (κ2) is 42.0. The first-order valence-corrected chi connectivity index (χ1v) is 29.6. The van der Waals surface area contributed by atoms with Gasteiger partial charge in [0.15, 0.2) is 0 Å². The van der Waals surface area contributed by atoms with Gasteiger partial charge in [-0.15, -0.1) is 0 Å². The lowest BCUT2D eigenvalue weighted by atomic mass is 9.85. The molecule has 4 saturated heterocycles. The lowest BCUT2D eigenvalue weighted by Crippen LogP contribution is -2.40. The van der Waals surface area contributed by atoms with E-state index < -0.39 is 6.00 Å². The molecule has 0 aliphatic carbocycles. The maximum atomic E-state index is 11.5. The number of ether oxygens (including phenoxy) is 15. The first-order valence-electron chi connectivity index (χ1n) is 29.6. The van der Waals surface area contributed by atoms with Gasteiger partial charge >= 0.3 is 0 Å². The quantitative estimate of drug-likeness (QED) is 0.0687. The van der Waals surface area contributed by atoms with Gasteiger partial charge in [0, 0.05) is 45.6 Å². The van der Waals surface area contributed by atoms with Gasteiger partial charge in [-0.3, -0.25) is 4.79 Å². The Morgan fingerprint density at radius 1 is 0.544 bits per heavy atom. The zero-order valence-corrected chi connectivity index (χ0v) is 54.3. The van der Waals surface area contributed by atoms with Crippen molar-refractivity contribution >= 4 is 29.4 Å². The van der Waals surface area contributed by atoms with Crippen molar-refractivity contribution in [3.05, 3.63) is 0 Å². The maximum Gasteiger partial charge on any atom is 0.219 e. The Balaban J connectivity index is 0.000000968. The normalized spacial score (nSPS) is 28.7. The summed E-state index contributed by atoms with van der Waals surface area (Å²) in [4.78, 5) is 13.4. The van der Waals surface area contributed by atoms with Crippen molar-refractivity contribution < 1.29 is 75.8 Å². The molecule has 462 valence electrons. The zero-order valence-electron chi connectivity index (χ0n) is 54.3. The summed E-state index contributed by atoms with van der Waals surface area (Å²) >= 11 is 0. The Kier molecular flexibility index (Phi) is 41.5. The van der Waals surface area contributed by atoms with Crippen molar-refractivity contribution in [3.63, 3.8) is 0 Å². The minimum atomic E-state index is -0.455. The number of hydrogen-bond donors (Lipinski definition) is 0. The summed E-state index contributed by atoms with van der Waals surface area (Å²) in [6, 6.07) is -0.552. The Bertz CT molecular complexity index is 1500. The fourth-order valence-corrected chi connectivity index (χ4v) is 9.02. The summed E-state index contributed by atoms with van der Waals surface area (Å²) in [6.45, 7) is 49.4. The maximum absolute atomic E-state index is 11.5. The first-order chi connectivity index (χ1) is 36.8. The van der Waals surface area contributed by atoms with E-state index in [2.05, 4.69) is 6.92 Å². The highest BCUT2D eigenvalue weighted by Crippen LogP contribution is 2.32. The highest BCUT2D eigenvalue weighted by atomic mass is 16.6. The monoisotopic (exact) mass is 1130 g/mol. The van der Waals surface area contributed by atoms with Crippen molar-refractivity contribution in [2.75, 3.05) is 53.8 Å². The summed E-state index contributed by atoms with van der Waals surface area (Å²) in [6.07, 6.45) is 2.78. The topological polar surface area (TPSA) is 159 Å². The van der Waals surface area contributed by atoms with Crippen LogP contribution < -0.4 is 0 Å². The average molecular weight is 1130 g/mol. The second-order valence-corrected chi connectivity index (χ2v) is 23.7. The van der Waals surface area contributed by atoms with Crippen LogP contribution in [-0.4, -0.2) is 234 Å². The van der Waals surface area contributed by atoms with E-state index in [-0.39, 0.29) is 152 Å². The van der Waals surface area contributed by atoms with E-state index >= 15 is 0 Å². The lowest BCUT2D eigenvalue weighted by molar-refractivity contribution is -0.131. The van der Waals surface area contributed by atoms with E-state index in [4.69, 9.17) is 94.6 Å².